The van der Waals surface area contributed by atoms with Crippen molar-refractivity contribution in [1.29, 1.82) is 0 Å². The molecular formula is C31H39FO12. The molecule has 5 heterocycles. The van der Waals surface area contributed by atoms with Gasteiger partial charge in [0.15, 0.2) is 17.9 Å². The monoisotopic (exact) mass is 622 g/mol. The molecule has 5 aliphatic heterocycles. The SMILES string of the molecule is CC1O[C@H](COC(=O)CCC(=O)O[C@@H]2[C@@]3(C(C)C)O[C@H]3[C@@H]3O[C@]34[C@]23O[C@H]3C[C@H]2C3=C(CC[C@@]24C)C(=O)OC3)[C@@H](O)[C@H](O)[C@H]1F. The summed E-state index contributed by atoms with van der Waals surface area (Å²) in [4.78, 5) is 38.3. The molecule has 1 unspecified atom stereocenters. The number of esters is 3. The molecule has 2 spiro atoms. The fourth-order valence-corrected chi connectivity index (χ4v) is 9.74. The van der Waals surface area contributed by atoms with E-state index in [1.807, 2.05) is 13.8 Å². The second-order valence-corrected chi connectivity index (χ2v) is 14.4. The summed E-state index contributed by atoms with van der Waals surface area (Å²) in [6, 6.07) is 0. The van der Waals surface area contributed by atoms with Crippen LogP contribution in [0.5, 0.6) is 0 Å². The highest BCUT2D eigenvalue weighted by Crippen LogP contribution is 2.83. The molecule has 8 aliphatic rings. The average molecular weight is 623 g/mol. The van der Waals surface area contributed by atoms with E-state index in [2.05, 4.69) is 6.92 Å². The summed E-state index contributed by atoms with van der Waals surface area (Å²) in [6.45, 7) is 7.56. The minimum atomic E-state index is -1.76. The molecule has 3 aliphatic carbocycles. The number of carbonyl (C=O) groups excluding carboxylic acids is 3. The number of epoxide rings is 3. The molecule has 6 fully saturated rings. The maximum atomic E-state index is 13.9. The van der Waals surface area contributed by atoms with Gasteiger partial charge in [-0.1, -0.05) is 20.8 Å². The fourth-order valence-electron chi connectivity index (χ4n) is 9.74. The third-order valence-corrected chi connectivity index (χ3v) is 12.2. The molecule has 0 bridgehead atoms. The van der Waals surface area contributed by atoms with Crippen LogP contribution < -0.4 is 0 Å². The number of fused-ring (bicyclic) bond motifs is 4. The Morgan fingerprint density at radius 1 is 1.09 bits per heavy atom. The van der Waals surface area contributed by atoms with Gasteiger partial charge in [-0.25, -0.2) is 9.18 Å². The number of rotatable bonds is 7. The molecule has 2 saturated carbocycles. The quantitative estimate of drug-likeness (QED) is 0.234. The zero-order chi connectivity index (χ0) is 31.1. The van der Waals surface area contributed by atoms with Gasteiger partial charge in [-0.3, -0.25) is 9.59 Å². The number of aliphatic hydroxyl groups excluding tert-OH is 2. The van der Waals surface area contributed by atoms with E-state index in [0.717, 1.165) is 17.6 Å². The van der Waals surface area contributed by atoms with Gasteiger partial charge in [-0.05, 0) is 43.6 Å². The number of alkyl halides is 1. The smallest absolute Gasteiger partial charge is 0.334 e. The number of halogens is 1. The summed E-state index contributed by atoms with van der Waals surface area (Å²) < 4.78 is 55.8. The van der Waals surface area contributed by atoms with Crippen molar-refractivity contribution < 1.29 is 62.1 Å². The van der Waals surface area contributed by atoms with Gasteiger partial charge < -0.3 is 43.4 Å². The second-order valence-electron chi connectivity index (χ2n) is 14.4. The summed E-state index contributed by atoms with van der Waals surface area (Å²) >= 11 is 0. The Kier molecular flexibility index (Phi) is 6.13. The van der Waals surface area contributed by atoms with E-state index >= 15 is 0 Å². The van der Waals surface area contributed by atoms with Gasteiger partial charge >= 0.3 is 17.9 Å². The van der Waals surface area contributed by atoms with Gasteiger partial charge in [0.2, 0.25) is 0 Å². The molecule has 0 aromatic rings. The van der Waals surface area contributed by atoms with Crippen molar-refractivity contribution in [3.63, 3.8) is 0 Å². The van der Waals surface area contributed by atoms with Gasteiger partial charge in [0.1, 0.15) is 54.9 Å². The van der Waals surface area contributed by atoms with Crippen molar-refractivity contribution >= 4 is 17.9 Å². The van der Waals surface area contributed by atoms with Crippen molar-refractivity contribution in [1.82, 2.24) is 0 Å². The number of aliphatic hydroxyl groups is 2. The predicted octanol–water partition coefficient (Wildman–Crippen LogP) is 0.825. The van der Waals surface area contributed by atoms with Crippen LogP contribution in [0.2, 0.25) is 0 Å². The summed E-state index contributed by atoms with van der Waals surface area (Å²) in [6.07, 6.45) is -7.08. The third kappa shape index (κ3) is 3.46. The van der Waals surface area contributed by atoms with Gasteiger partial charge in [0.05, 0.1) is 25.0 Å². The van der Waals surface area contributed by atoms with E-state index in [1.54, 1.807) is 0 Å². The molecule has 44 heavy (non-hydrogen) atoms. The van der Waals surface area contributed by atoms with E-state index in [9.17, 15) is 29.0 Å². The van der Waals surface area contributed by atoms with E-state index < -0.39 is 72.0 Å². The van der Waals surface area contributed by atoms with Crippen molar-refractivity contribution in [3.05, 3.63) is 11.1 Å². The Morgan fingerprint density at radius 3 is 2.59 bits per heavy atom. The maximum Gasteiger partial charge on any atom is 0.334 e. The molecule has 12 nitrogen and oxygen atoms in total. The molecule has 0 aromatic heterocycles. The van der Waals surface area contributed by atoms with Crippen molar-refractivity contribution in [2.45, 2.75) is 132 Å². The molecular weight excluding hydrogens is 583 g/mol. The Morgan fingerprint density at radius 2 is 1.84 bits per heavy atom. The summed E-state index contributed by atoms with van der Waals surface area (Å²) in [5.41, 5.74) is -0.952. The first-order chi connectivity index (χ1) is 20.8. The molecule has 13 heteroatoms. The number of cyclic esters (lactones) is 1. The Labute approximate surface area is 253 Å². The summed E-state index contributed by atoms with van der Waals surface area (Å²) in [7, 11) is 0. The highest BCUT2D eigenvalue weighted by molar-refractivity contribution is 5.92. The van der Waals surface area contributed by atoms with Gasteiger partial charge in [0, 0.05) is 11.0 Å². The lowest BCUT2D eigenvalue weighted by atomic mass is 9.46. The zero-order valence-corrected chi connectivity index (χ0v) is 25.2. The lowest BCUT2D eigenvalue weighted by Crippen LogP contribution is -2.70. The lowest BCUT2D eigenvalue weighted by molar-refractivity contribution is -0.212. The van der Waals surface area contributed by atoms with Gasteiger partial charge in [-0.15, -0.1) is 0 Å². The van der Waals surface area contributed by atoms with Crippen LogP contribution in [-0.2, 0) is 47.5 Å². The minimum Gasteiger partial charge on any atom is -0.463 e. The van der Waals surface area contributed by atoms with E-state index in [0.29, 0.717) is 19.4 Å². The number of ether oxygens (including phenoxy) is 7. The molecule has 242 valence electrons. The van der Waals surface area contributed by atoms with Crippen molar-refractivity contribution in [2.24, 2.45) is 17.3 Å². The second kappa shape index (κ2) is 9.22. The highest BCUT2D eigenvalue weighted by Gasteiger charge is 3.01. The Balaban J connectivity index is 0.974. The van der Waals surface area contributed by atoms with Crippen LogP contribution in [0.25, 0.3) is 0 Å². The van der Waals surface area contributed by atoms with Crippen molar-refractivity contribution in [3.8, 4) is 0 Å². The Bertz CT molecular complexity index is 1350. The number of carbonyl (C=O) groups is 3. The zero-order valence-electron chi connectivity index (χ0n) is 25.2. The standard InChI is InChI=1S/C31H39FO12/c1-12(2)29-24(43-29)25-31(44-25)28(4)8-7-14-15(10-39-26(14)37)16(28)9-18-30(31,42-18)27(29)41-20(34)6-5-19(33)38-11-17-22(35)23(36)21(32)13(3)40-17/h12-13,16-18,21-25,27,35-36H,5-11H2,1-4H3/t13?,16-,17+,18-,21-,22+,23+,24-,25-,27+,28-,29-,30+,31+/m0/s1. The molecule has 2 N–H and O–H groups in total. The highest BCUT2D eigenvalue weighted by atomic mass is 19.1. The molecule has 4 saturated heterocycles. The fraction of sp³-hybridized carbons (Fsp3) is 0.839. The molecule has 0 aromatic carbocycles. The number of hydrogen-bond donors (Lipinski definition) is 2. The van der Waals surface area contributed by atoms with Crippen LogP contribution in [0.1, 0.15) is 59.8 Å². The Hall–Kier alpha value is -2.16. The third-order valence-electron chi connectivity index (χ3n) is 12.2. The normalized spacial score (nSPS) is 52.4. The molecule has 0 amide bonds. The van der Waals surface area contributed by atoms with E-state index in [1.165, 1.54) is 6.92 Å². The molecule has 14 atom stereocenters. The molecule has 0 radical (unpaired) electrons. The maximum absolute atomic E-state index is 13.9. The van der Waals surface area contributed by atoms with E-state index in [-0.39, 0.29) is 54.4 Å². The van der Waals surface area contributed by atoms with Crippen molar-refractivity contribution in [2.75, 3.05) is 13.2 Å². The van der Waals surface area contributed by atoms with Crippen LogP contribution in [0.3, 0.4) is 0 Å². The lowest BCUT2D eigenvalue weighted by Gasteiger charge is -2.53. The first kappa shape index (κ1) is 29.3. The van der Waals surface area contributed by atoms with Crippen LogP contribution in [0.15, 0.2) is 11.1 Å². The summed E-state index contributed by atoms with van der Waals surface area (Å²) in [5, 5.41) is 20.0. The average Bonchev–Trinajstić information content (AvgIpc) is 3.90. The topological polar surface area (TPSA) is 166 Å². The number of hydrogen-bond acceptors (Lipinski definition) is 12. The van der Waals surface area contributed by atoms with Crippen LogP contribution >= 0.6 is 0 Å². The minimum absolute atomic E-state index is 0.00711. The largest absolute Gasteiger partial charge is 0.463 e. The first-order valence-corrected chi connectivity index (χ1v) is 15.8. The van der Waals surface area contributed by atoms with Gasteiger partial charge in [-0.2, -0.15) is 0 Å². The van der Waals surface area contributed by atoms with Gasteiger partial charge in [0.25, 0.3) is 0 Å². The predicted molar refractivity (Wildman–Crippen MR) is 142 cm³/mol. The summed E-state index contributed by atoms with van der Waals surface area (Å²) in [5.74, 6) is -1.52. The van der Waals surface area contributed by atoms with Crippen LogP contribution in [0, 0.1) is 17.3 Å². The van der Waals surface area contributed by atoms with Crippen LogP contribution in [-0.4, -0.2) is 113 Å². The molecule has 8 rings (SSSR count). The van der Waals surface area contributed by atoms with E-state index in [4.69, 9.17) is 33.2 Å². The van der Waals surface area contributed by atoms with Crippen LogP contribution in [0.4, 0.5) is 4.39 Å². The first-order valence-electron chi connectivity index (χ1n) is 15.8.